The summed E-state index contributed by atoms with van der Waals surface area (Å²) in [7, 11) is 5.05. The molecule has 2 aromatic heterocycles. The summed E-state index contributed by atoms with van der Waals surface area (Å²) in [5.41, 5.74) is 3.73. The number of anilines is 1. The third-order valence-electron chi connectivity index (χ3n) is 5.95. The van der Waals surface area contributed by atoms with Crippen LogP contribution >= 0.6 is 0 Å². The van der Waals surface area contributed by atoms with E-state index in [1.807, 2.05) is 6.07 Å². The van der Waals surface area contributed by atoms with Crippen molar-refractivity contribution in [3.05, 3.63) is 53.1 Å². The average molecular weight is 438 g/mol. The van der Waals surface area contributed by atoms with Crippen molar-refractivity contribution < 1.29 is 18.7 Å². The number of hydrogen-bond donors (Lipinski definition) is 0. The van der Waals surface area contributed by atoms with Crippen LogP contribution in [-0.2, 0) is 18.3 Å². The van der Waals surface area contributed by atoms with Crippen LogP contribution in [0.15, 0.2) is 30.5 Å². The Morgan fingerprint density at radius 1 is 1.25 bits per heavy atom. The van der Waals surface area contributed by atoms with Gasteiger partial charge in [0, 0.05) is 26.2 Å². The van der Waals surface area contributed by atoms with Crippen LogP contribution in [0.5, 0.6) is 5.88 Å². The molecule has 0 saturated carbocycles. The summed E-state index contributed by atoms with van der Waals surface area (Å²) in [4.78, 5) is 17.1. The molecule has 4 heterocycles. The van der Waals surface area contributed by atoms with E-state index in [0.29, 0.717) is 53.7 Å². The molecule has 10 heteroatoms. The number of benzene rings is 1. The Morgan fingerprint density at radius 3 is 2.91 bits per heavy atom. The maximum Gasteiger partial charge on any atom is 0.254 e. The monoisotopic (exact) mass is 438 g/mol. The lowest BCUT2D eigenvalue weighted by molar-refractivity contribution is 0.0772. The largest absolute Gasteiger partial charge is 0.481 e. The number of carbonyl (C=O) groups excluding carboxylic acids is 1. The third kappa shape index (κ3) is 3.27. The zero-order valence-corrected chi connectivity index (χ0v) is 18.1. The number of methoxy groups -OCH3 is 1. The lowest BCUT2D eigenvalue weighted by Gasteiger charge is -2.38. The van der Waals surface area contributed by atoms with Crippen LogP contribution in [0, 0.1) is 5.82 Å². The van der Waals surface area contributed by atoms with E-state index in [-0.39, 0.29) is 18.5 Å². The van der Waals surface area contributed by atoms with Gasteiger partial charge < -0.3 is 19.3 Å². The molecule has 1 atom stereocenters. The van der Waals surface area contributed by atoms with Crippen LogP contribution in [0.4, 0.5) is 10.1 Å². The minimum Gasteiger partial charge on any atom is -0.481 e. The number of carbonyl (C=O) groups is 1. The number of aromatic nitrogens is 4. The molecule has 0 spiro atoms. The summed E-state index contributed by atoms with van der Waals surface area (Å²) in [6, 6.07) is 5.85. The van der Waals surface area contributed by atoms with Crippen LogP contribution in [-0.4, -0.2) is 64.7 Å². The number of morpholine rings is 1. The molecule has 0 N–H and O–H groups in total. The Balaban J connectivity index is 1.77. The first kappa shape index (κ1) is 20.4. The molecule has 0 unspecified atom stereocenters. The van der Waals surface area contributed by atoms with Crippen LogP contribution < -0.4 is 9.64 Å². The van der Waals surface area contributed by atoms with E-state index in [9.17, 15) is 9.18 Å². The van der Waals surface area contributed by atoms with Crippen molar-refractivity contribution in [2.75, 3.05) is 38.8 Å². The lowest BCUT2D eigenvalue weighted by Crippen LogP contribution is -2.41. The third-order valence-corrected chi connectivity index (χ3v) is 5.95. The van der Waals surface area contributed by atoms with Crippen molar-refractivity contribution >= 4 is 11.6 Å². The molecular formula is C22H23FN6O3. The molecule has 2 bridgehead atoms. The summed E-state index contributed by atoms with van der Waals surface area (Å²) in [5.74, 6) is -0.0936. The topological polar surface area (TPSA) is 85.6 Å². The van der Waals surface area contributed by atoms with Gasteiger partial charge in [0.15, 0.2) is 0 Å². The number of nitrogens with zero attached hydrogens (tertiary/aromatic N) is 6. The van der Waals surface area contributed by atoms with E-state index in [1.165, 1.54) is 18.2 Å². The Hall–Kier alpha value is -3.53. The van der Waals surface area contributed by atoms with E-state index >= 15 is 0 Å². The fourth-order valence-electron chi connectivity index (χ4n) is 4.48. The minimum atomic E-state index is -0.401. The van der Waals surface area contributed by atoms with Crippen molar-refractivity contribution in [1.82, 2.24) is 24.9 Å². The highest BCUT2D eigenvalue weighted by Crippen LogP contribution is 2.38. The molecule has 0 aliphatic carbocycles. The quantitative estimate of drug-likeness (QED) is 0.576. The Labute approximate surface area is 184 Å². The van der Waals surface area contributed by atoms with E-state index in [2.05, 4.69) is 20.2 Å². The molecular weight excluding hydrogens is 415 g/mol. The van der Waals surface area contributed by atoms with Crippen molar-refractivity contribution in [1.29, 1.82) is 0 Å². The van der Waals surface area contributed by atoms with Gasteiger partial charge in [-0.15, -0.1) is 0 Å². The summed E-state index contributed by atoms with van der Waals surface area (Å²) in [6.07, 6.45) is 1.67. The molecule has 166 valence electrons. The van der Waals surface area contributed by atoms with Crippen molar-refractivity contribution in [2.45, 2.75) is 12.6 Å². The second-order valence-corrected chi connectivity index (χ2v) is 7.93. The van der Waals surface area contributed by atoms with Gasteiger partial charge in [-0.3, -0.25) is 4.79 Å². The molecule has 1 saturated heterocycles. The highest BCUT2D eigenvalue weighted by Gasteiger charge is 2.32. The van der Waals surface area contributed by atoms with Crippen molar-refractivity contribution in [2.24, 2.45) is 7.05 Å². The van der Waals surface area contributed by atoms with Gasteiger partial charge in [-0.25, -0.2) is 9.07 Å². The zero-order valence-electron chi connectivity index (χ0n) is 18.1. The van der Waals surface area contributed by atoms with Gasteiger partial charge in [0.05, 0.1) is 56.1 Å². The number of amides is 1. The van der Waals surface area contributed by atoms with Crippen molar-refractivity contribution in [3.63, 3.8) is 0 Å². The minimum absolute atomic E-state index is 0.221. The summed E-state index contributed by atoms with van der Waals surface area (Å²) >= 11 is 0. The first-order chi connectivity index (χ1) is 15.5. The summed E-state index contributed by atoms with van der Waals surface area (Å²) in [6.45, 7) is 1.62. The Morgan fingerprint density at radius 2 is 2.09 bits per heavy atom. The van der Waals surface area contributed by atoms with Crippen molar-refractivity contribution in [3.8, 4) is 17.1 Å². The van der Waals surface area contributed by atoms with Crippen LogP contribution in [0.3, 0.4) is 0 Å². The molecule has 32 heavy (non-hydrogen) atoms. The SMILES string of the molecule is COc1c2c(nn1C)CN(C)C(=O)c1ccc(F)cc1[C@H]1COCCN1c1cnnc-2c1. The number of halogens is 1. The molecule has 1 aromatic carbocycles. The fraction of sp³-hybridized carbons (Fsp3) is 0.364. The van der Waals surface area contributed by atoms with Gasteiger partial charge in [-0.1, -0.05) is 0 Å². The van der Waals surface area contributed by atoms with E-state index < -0.39 is 5.82 Å². The number of rotatable bonds is 1. The Kier molecular flexibility index (Phi) is 5.01. The van der Waals surface area contributed by atoms with Gasteiger partial charge in [0.2, 0.25) is 5.88 Å². The predicted octanol–water partition coefficient (Wildman–Crippen LogP) is 2.19. The van der Waals surface area contributed by atoms with E-state index in [1.54, 1.807) is 37.0 Å². The molecule has 0 radical (unpaired) electrons. The normalized spacial score (nSPS) is 18.2. The highest BCUT2D eigenvalue weighted by atomic mass is 19.1. The number of ether oxygens (including phenoxy) is 2. The lowest BCUT2D eigenvalue weighted by atomic mass is 9.96. The number of hydrogen-bond acceptors (Lipinski definition) is 7. The van der Waals surface area contributed by atoms with Crippen LogP contribution in [0.25, 0.3) is 11.3 Å². The highest BCUT2D eigenvalue weighted by molar-refractivity contribution is 5.96. The second kappa shape index (κ2) is 7.86. The predicted molar refractivity (Wildman–Crippen MR) is 114 cm³/mol. The molecule has 2 aliphatic rings. The Bertz CT molecular complexity index is 1200. The molecule has 2 aliphatic heterocycles. The molecule has 1 amide bonds. The standard InChI is InChI=1S/C22H23FN6O3/c1-27-11-18-20(22(31-3)28(2)26-18)17-9-14(10-24-25-17)29-6-7-32-12-19(29)16-8-13(23)4-5-15(16)21(27)30/h4-5,8-10,19H,6-7,11-12H2,1-3H3/t19-/m1/s1. The fourth-order valence-corrected chi connectivity index (χ4v) is 4.48. The smallest absolute Gasteiger partial charge is 0.254 e. The number of fused-ring (bicyclic) bond motifs is 8. The van der Waals surface area contributed by atoms with Crippen LogP contribution in [0.2, 0.25) is 0 Å². The molecule has 1 fully saturated rings. The van der Waals surface area contributed by atoms with E-state index in [4.69, 9.17) is 9.47 Å². The van der Waals surface area contributed by atoms with Gasteiger partial charge in [-0.05, 0) is 29.8 Å². The average Bonchev–Trinajstić information content (AvgIpc) is 3.12. The van der Waals surface area contributed by atoms with Crippen LogP contribution in [0.1, 0.15) is 27.7 Å². The van der Waals surface area contributed by atoms with Gasteiger partial charge >= 0.3 is 0 Å². The van der Waals surface area contributed by atoms with Gasteiger partial charge in [0.25, 0.3) is 5.91 Å². The second-order valence-electron chi connectivity index (χ2n) is 7.93. The molecule has 9 nitrogen and oxygen atoms in total. The van der Waals surface area contributed by atoms with Gasteiger partial charge in [-0.2, -0.15) is 15.3 Å². The molecule has 5 rings (SSSR count). The first-order valence-corrected chi connectivity index (χ1v) is 10.3. The summed E-state index contributed by atoms with van der Waals surface area (Å²) < 4.78 is 27.3. The van der Waals surface area contributed by atoms with Gasteiger partial charge in [0.1, 0.15) is 11.5 Å². The molecule has 3 aromatic rings. The summed E-state index contributed by atoms with van der Waals surface area (Å²) in [5, 5.41) is 13.1. The zero-order chi connectivity index (χ0) is 22.4. The first-order valence-electron chi connectivity index (χ1n) is 10.3. The maximum absolute atomic E-state index is 14.3. The van der Waals surface area contributed by atoms with E-state index in [0.717, 1.165) is 5.69 Å². The number of aryl methyl sites for hydroxylation is 1. The maximum atomic E-state index is 14.3.